The van der Waals surface area contributed by atoms with Crippen LogP contribution >= 0.6 is 11.3 Å². The van der Waals surface area contributed by atoms with Gasteiger partial charge in [0.2, 0.25) is 5.89 Å². The first kappa shape index (κ1) is 14.7. The lowest BCUT2D eigenvalue weighted by atomic mass is 10.1. The highest BCUT2D eigenvalue weighted by Crippen LogP contribution is 2.23. The van der Waals surface area contributed by atoms with E-state index in [1.54, 1.807) is 11.9 Å². The number of aromatic nitrogens is 2. The average molecular weight is 295 g/mol. The molecule has 2 aromatic heterocycles. The maximum Gasteiger partial charge on any atom is 0.325 e. The lowest BCUT2D eigenvalue weighted by molar-refractivity contribution is -0.143. The highest BCUT2D eigenvalue weighted by molar-refractivity contribution is 7.08. The van der Waals surface area contributed by atoms with E-state index in [1.807, 2.05) is 23.8 Å². The molecule has 0 bridgehead atoms. The normalized spacial score (nSPS) is 12.8. The average Bonchev–Trinajstić information content (AvgIpc) is 3.02. The minimum atomic E-state index is -0.890. The molecule has 6 nitrogen and oxygen atoms in total. The molecule has 1 N–H and O–H groups in total. The van der Waals surface area contributed by atoms with Crippen LogP contribution in [0.25, 0.3) is 0 Å². The number of carbonyl (C=O) groups is 1. The molecule has 1 atom stereocenters. The van der Waals surface area contributed by atoms with Crippen molar-refractivity contribution in [2.24, 2.45) is 0 Å². The molecule has 20 heavy (non-hydrogen) atoms. The topological polar surface area (TPSA) is 79.5 Å². The Balaban J connectivity index is 2.08. The van der Waals surface area contributed by atoms with Gasteiger partial charge in [0.15, 0.2) is 5.82 Å². The van der Waals surface area contributed by atoms with Crippen LogP contribution in [-0.2, 0) is 17.8 Å². The van der Waals surface area contributed by atoms with Gasteiger partial charge in [-0.3, -0.25) is 9.69 Å². The van der Waals surface area contributed by atoms with Gasteiger partial charge in [0.05, 0.1) is 6.54 Å². The van der Waals surface area contributed by atoms with Crippen LogP contribution in [0.4, 0.5) is 0 Å². The highest BCUT2D eigenvalue weighted by Gasteiger charge is 2.26. The summed E-state index contributed by atoms with van der Waals surface area (Å²) in [5, 5.41) is 17.0. The summed E-state index contributed by atoms with van der Waals surface area (Å²) >= 11 is 1.48. The predicted octanol–water partition coefficient (Wildman–Crippen LogP) is 2.34. The summed E-state index contributed by atoms with van der Waals surface area (Å²) in [6, 6.07) is 1.11. The Bertz CT molecular complexity index is 553. The third kappa shape index (κ3) is 3.43. The zero-order valence-electron chi connectivity index (χ0n) is 11.4. The van der Waals surface area contributed by atoms with Crippen molar-refractivity contribution in [3.63, 3.8) is 0 Å². The molecule has 0 spiro atoms. The van der Waals surface area contributed by atoms with Crippen LogP contribution in [0.2, 0.25) is 0 Å². The number of likely N-dealkylation sites (N-methyl/N-ethyl adjacent to an activating group) is 1. The van der Waals surface area contributed by atoms with Crippen LogP contribution in [0.1, 0.15) is 36.7 Å². The van der Waals surface area contributed by atoms with Crippen molar-refractivity contribution in [2.45, 2.75) is 32.4 Å². The fourth-order valence-electron chi connectivity index (χ4n) is 2.00. The van der Waals surface area contributed by atoms with Crippen LogP contribution in [0.3, 0.4) is 0 Å². The Morgan fingerprint density at radius 1 is 1.60 bits per heavy atom. The van der Waals surface area contributed by atoms with E-state index in [1.165, 1.54) is 11.3 Å². The minimum Gasteiger partial charge on any atom is -0.480 e. The van der Waals surface area contributed by atoms with Crippen molar-refractivity contribution in [2.75, 3.05) is 7.05 Å². The number of thiophene rings is 1. The third-order valence-electron chi connectivity index (χ3n) is 2.90. The van der Waals surface area contributed by atoms with E-state index in [-0.39, 0.29) is 0 Å². The van der Waals surface area contributed by atoms with E-state index in [0.29, 0.717) is 18.3 Å². The minimum absolute atomic E-state index is 0.309. The molecule has 0 aromatic carbocycles. The Hall–Kier alpha value is -1.73. The van der Waals surface area contributed by atoms with Gasteiger partial charge in [-0.25, -0.2) is 0 Å². The Morgan fingerprint density at radius 2 is 2.40 bits per heavy atom. The third-order valence-corrected chi connectivity index (χ3v) is 3.60. The second-order valence-corrected chi connectivity index (χ2v) is 5.35. The fourth-order valence-corrected chi connectivity index (χ4v) is 2.68. The quantitative estimate of drug-likeness (QED) is 0.844. The molecule has 0 saturated heterocycles. The maximum absolute atomic E-state index is 11.4. The van der Waals surface area contributed by atoms with Gasteiger partial charge in [-0.1, -0.05) is 12.1 Å². The van der Waals surface area contributed by atoms with Crippen molar-refractivity contribution in [3.8, 4) is 0 Å². The summed E-state index contributed by atoms with van der Waals surface area (Å²) in [6.45, 7) is 2.35. The van der Waals surface area contributed by atoms with Gasteiger partial charge < -0.3 is 9.63 Å². The second-order valence-electron chi connectivity index (χ2n) is 4.57. The number of carboxylic acid groups (broad SMARTS) is 1. The summed E-state index contributed by atoms with van der Waals surface area (Å²) in [5.74, 6) is 0.218. The molecule has 0 aliphatic rings. The van der Waals surface area contributed by atoms with Crippen molar-refractivity contribution in [1.82, 2.24) is 15.0 Å². The van der Waals surface area contributed by atoms with E-state index < -0.39 is 12.0 Å². The first-order valence-corrected chi connectivity index (χ1v) is 7.32. The lowest BCUT2D eigenvalue weighted by Crippen LogP contribution is -2.30. The summed E-state index contributed by atoms with van der Waals surface area (Å²) in [6.07, 6.45) is 1.71. The first-order valence-electron chi connectivity index (χ1n) is 6.38. The molecule has 7 heteroatoms. The Kier molecular flexibility index (Phi) is 4.86. The van der Waals surface area contributed by atoms with E-state index in [4.69, 9.17) is 4.52 Å². The van der Waals surface area contributed by atoms with E-state index in [2.05, 4.69) is 10.1 Å². The summed E-state index contributed by atoms with van der Waals surface area (Å²) in [7, 11) is 1.74. The van der Waals surface area contributed by atoms with Crippen LogP contribution in [0.15, 0.2) is 21.3 Å². The Morgan fingerprint density at radius 3 is 3.00 bits per heavy atom. The van der Waals surface area contributed by atoms with E-state index in [9.17, 15) is 9.90 Å². The molecule has 0 fully saturated rings. The number of hydrogen-bond donors (Lipinski definition) is 1. The monoisotopic (exact) mass is 295 g/mol. The standard InChI is InChI=1S/C13H17N3O3S/c1-3-4-10-14-11(19-15-10)7-16(2)12(13(17)18)9-5-6-20-8-9/h5-6,8,12H,3-4,7H2,1-2H3,(H,17,18)/t12-/m0/s1. The summed E-state index contributed by atoms with van der Waals surface area (Å²) < 4.78 is 5.14. The number of rotatable bonds is 7. The summed E-state index contributed by atoms with van der Waals surface area (Å²) in [5.41, 5.74) is 0.762. The van der Waals surface area contributed by atoms with Gasteiger partial charge in [0, 0.05) is 6.42 Å². The zero-order chi connectivity index (χ0) is 14.5. The first-order chi connectivity index (χ1) is 9.61. The molecule has 108 valence electrons. The van der Waals surface area contributed by atoms with Crippen LogP contribution in [-0.4, -0.2) is 33.2 Å². The molecule has 2 heterocycles. The number of carboxylic acids is 1. The lowest BCUT2D eigenvalue weighted by Gasteiger charge is -2.22. The fraction of sp³-hybridized carbons (Fsp3) is 0.462. The van der Waals surface area contributed by atoms with E-state index in [0.717, 1.165) is 18.4 Å². The van der Waals surface area contributed by atoms with Gasteiger partial charge in [0.1, 0.15) is 6.04 Å². The van der Waals surface area contributed by atoms with Crippen molar-refractivity contribution < 1.29 is 14.4 Å². The molecule has 0 amide bonds. The Labute approximate surface area is 121 Å². The van der Waals surface area contributed by atoms with Crippen LogP contribution in [0, 0.1) is 0 Å². The van der Waals surface area contributed by atoms with Gasteiger partial charge in [0.25, 0.3) is 0 Å². The molecule has 0 unspecified atom stereocenters. The van der Waals surface area contributed by atoms with Gasteiger partial charge >= 0.3 is 5.97 Å². The largest absolute Gasteiger partial charge is 0.480 e. The molecule has 2 rings (SSSR count). The number of aryl methyl sites for hydroxylation is 1. The zero-order valence-corrected chi connectivity index (χ0v) is 12.3. The molecule has 0 aliphatic heterocycles. The molecule has 2 aromatic rings. The summed E-state index contributed by atoms with van der Waals surface area (Å²) in [4.78, 5) is 17.4. The molecular formula is C13H17N3O3S. The molecule has 0 saturated carbocycles. The van der Waals surface area contributed by atoms with Crippen molar-refractivity contribution in [1.29, 1.82) is 0 Å². The number of hydrogen-bond acceptors (Lipinski definition) is 6. The highest BCUT2D eigenvalue weighted by atomic mass is 32.1. The van der Waals surface area contributed by atoms with Gasteiger partial charge in [-0.2, -0.15) is 16.3 Å². The van der Waals surface area contributed by atoms with Gasteiger partial charge in [-0.05, 0) is 35.9 Å². The molecule has 0 radical (unpaired) electrons. The van der Waals surface area contributed by atoms with E-state index >= 15 is 0 Å². The predicted molar refractivity (Wildman–Crippen MR) is 74.5 cm³/mol. The maximum atomic E-state index is 11.4. The van der Waals surface area contributed by atoms with Crippen molar-refractivity contribution in [3.05, 3.63) is 34.1 Å². The SMILES string of the molecule is CCCc1noc(CN(C)[C@H](C(=O)O)c2ccsc2)n1. The number of nitrogens with zero attached hydrogens (tertiary/aromatic N) is 3. The van der Waals surface area contributed by atoms with Crippen molar-refractivity contribution >= 4 is 17.3 Å². The van der Waals surface area contributed by atoms with Gasteiger partial charge in [-0.15, -0.1) is 0 Å². The smallest absolute Gasteiger partial charge is 0.325 e. The molecular weight excluding hydrogens is 278 g/mol. The van der Waals surface area contributed by atoms with Crippen LogP contribution in [0.5, 0.6) is 0 Å². The molecule has 0 aliphatic carbocycles. The second kappa shape index (κ2) is 6.62. The number of aliphatic carboxylic acids is 1. The van der Waals surface area contributed by atoms with Crippen LogP contribution < -0.4 is 0 Å².